The van der Waals surface area contributed by atoms with E-state index in [2.05, 4.69) is 22.4 Å². The zero-order chi connectivity index (χ0) is 18.4. The summed E-state index contributed by atoms with van der Waals surface area (Å²) in [5, 5.41) is 12.9. The van der Waals surface area contributed by atoms with Crippen LogP contribution in [0.5, 0.6) is 0 Å². The molecule has 3 rings (SSSR count). The highest BCUT2D eigenvalue weighted by molar-refractivity contribution is 7.99. The fraction of sp³-hybridized carbons (Fsp3) is 0.211. The molecule has 26 heavy (non-hydrogen) atoms. The summed E-state index contributed by atoms with van der Waals surface area (Å²) < 4.78 is 2.05. The van der Waals surface area contributed by atoms with Gasteiger partial charge in [-0.25, -0.2) is 0 Å². The van der Waals surface area contributed by atoms with Crippen LogP contribution in [0.25, 0.3) is 11.4 Å². The van der Waals surface area contributed by atoms with E-state index in [-0.39, 0.29) is 11.7 Å². The molecule has 0 fully saturated rings. The maximum Gasteiger partial charge on any atom is 0.234 e. The Morgan fingerprint density at radius 3 is 2.54 bits per heavy atom. The van der Waals surface area contributed by atoms with Crippen molar-refractivity contribution in [3.8, 4) is 11.4 Å². The number of carbonyl (C=O) groups excluding carboxylic acids is 1. The molecule has 0 saturated carbocycles. The Bertz CT molecular complexity index is 865. The molecule has 7 heteroatoms. The number of rotatable bonds is 7. The molecule has 3 aromatic rings. The molecule has 0 saturated heterocycles. The van der Waals surface area contributed by atoms with Crippen LogP contribution in [0.2, 0.25) is 5.02 Å². The first-order chi connectivity index (χ1) is 12.7. The molecule has 1 aromatic heterocycles. The molecular weight excluding hydrogens is 368 g/mol. The number of nitrogens with one attached hydrogen (secondary N) is 1. The van der Waals surface area contributed by atoms with Gasteiger partial charge in [0, 0.05) is 22.8 Å². The molecule has 2 aromatic carbocycles. The predicted octanol–water partition coefficient (Wildman–Crippen LogP) is 4.74. The second kappa shape index (κ2) is 8.87. The molecule has 0 spiro atoms. The monoisotopic (exact) mass is 386 g/mol. The third-order valence-electron chi connectivity index (χ3n) is 3.66. The minimum absolute atomic E-state index is 0.0692. The van der Waals surface area contributed by atoms with Crippen molar-refractivity contribution in [2.24, 2.45) is 0 Å². The number of para-hydroxylation sites is 1. The summed E-state index contributed by atoms with van der Waals surface area (Å²) in [7, 11) is 0. The van der Waals surface area contributed by atoms with Crippen LogP contribution >= 0.6 is 23.4 Å². The van der Waals surface area contributed by atoms with Crippen LogP contribution in [-0.2, 0) is 11.3 Å². The summed E-state index contributed by atoms with van der Waals surface area (Å²) in [4.78, 5) is 12.2. The number of benzene rings is 2. The number of hydrogen-bond donors (Lipinski definition) is 1. The van der Waals surface area contributed by atoms with Crippen molar-refractivity contribution >= 4 is 35.0 Å². The fourth-order valence-corrected chi connectivity index (χ4v) is 3.37. The molecule has 1 heterocycles. The molecular formula is C19H19ClN4OS. The summed E-state index contributed by atoms with van der Waals surface area (Å²) in [5.41, 5.74) is 1.74. The Labute approximate surface area is 161 Å². The number of hydrogen-bond acceptors (Lipinski definition) is 4. The number of halogens is 1. The second-order valence-corrected chi connectivity index (χ2v) is 7.05. The van der Waals surface area contributed by atoms with E-state index in [1.165, 1.54) is 11.8 Å². The number of thioether (sulfide) groups is 1. The lowest BCUT2D eigenvalue weighted by atomic mass is 10.2. The SMILES string of the molecule is CCCn1c(SCC(=O)Nc2ccccc2)nnc1-c1ccc(Cl)cc1. The normalized spacial score (nSPS) is 10.7. The van der Waals surface area contributed by atoms with Gasteiger partial charge in [0.15, 0.2) is 11.0 Å². The van der Waals surface area contributed by atoms with E-state index in [0.29, 0.717) is 5.02 Å². The van der Waals surface area contributed by atoms with Crippen LogP contribution in [0.1, 0.15) is 13.3 Å². The van der Waals surface area contributed by atoms with E-state index in [9.17, 15) is 4.79 Å². The van der Waals surface area contributed by atoms with Crippen molar-refractivity contribution in [1.29, 1.82) is 0 Å². The highest BCUT2D eigenvalue weighted by Gasteiger charge is 2.15. The molecule has 0 aliphatic carbocycles. The summed E-state index contributed by atoms with van der Waals surface area (Å²) in [5.74, 6) is 0.993. The van der Waals surface area contributed by atoms with E-state index >= 15 is 0 Å². The molecule has 0 atom stereocenters. The Kier molecular flexibility index (Phi) is 6.30. The number of anilines is 1. The molecule has 1 amide bonds. The minimum atomic E-state index is -0.0692. The number of nitrogens with zero attached hydrogens (tertiary/aromatic N) is 3. The third kappa shape index (κ3) is 4.65. The molecule has 0 aliphatic rings. The summed E-state index contributed by atoms with van der Waals surface area (Å²) in [6.45, 7) is 2.88. The molecule has 0 radical (unpaired) electrons. The average Bonchev–Trinajstić information content (AvgIpc) is 3.05. The van der Waals surface area contributed by atoms with Gasteiger partial charge in [0.1, 0.15) is 0 Å². The van der Waals surface area contributed by atoms with Gasteiger partial charge in [-0.2, -0.15) is 0 Å². The van der Waals surface area contributed by atoms with Gasteiger partial charge >= 0.3 is 0 Å². The molecule has 5 nitrogen and oxygen atoms in total. The molecule has 1 N–H and O–H groups in total. The zero-order valence-corrected chi connectivity index (χ0v) is 15.9. The zero-order valence-electron chi connectivity index (χ0n) is 14.4. The average molecular weight is 387 g/mol. The Hall–Kier alpha value is -2.31. The van der Waals surface area contributed by atoms with Gasteiger partial charge in [0.2, 0.25) is 5.91 Å². The Balaban J connectivity index is 1.71. The smallest absolute Gasteiger partial charge is 0.234 e. The van der Waals surface area contributed by atoms with Gasteiger partial charge in [0.25, 0.3) is 0 Å². The first-order valence-corrected chi connectivity index (χ1v) is 9.70. The second-order valence-electron chi connectivity index (χ2n) is 5.67. The first kappa shape index (κ1) is 18.5. The van der Waals surface area contributed by atoms with E-state index in [4.69, 9.17) is 11.6 Å². The van der Waals surface area contributed by atoms with Gasteiger partial charge in [-0.1, -0.05) is 48.5 Å². The van der Waals surface area contributed by atoms with Crippen molar-refractivity contribution in [1.82, 2.24) is 14.8 Å². The van der Waals surface area contributed by atoms with Crippen LogP contribution in [0.3, 0.4) is 0 Å². The highest BCUT2D eigenvalue weighted by Crippen LogP contribution is 2.25. The van der Waals surface area contributed by atoms with Crippen molar-refractivity contribution in [2.75, 3.05) is 11.1 Å². The molecule has 0 aliphatic heterocycles. The molecule has 0 unspecified atom stereocenters. The van der Waals surface area contributed by atoms with Crippen LogP contribution in [0.4, 0.5) is 5.69 Å². The van der Waals surface area contributed by atoms with Crippen LogP contribution in [0.15, 0.2) is 59.8 Å². The predicted molar refractivity (Wildman–Crippen MR) is 107 cm³/mol. The maximum atomic E-state index is 12.2. The molecule has 134 valence electrons. The lowest BCUT2D eigenvalue weighted by Crippen LogP contribution is -2.14. The van der Waals surface area contributed by atoms with Crippen molar-refractivity contribution in [3.05, 3.63) is 59.6 Å². The van der Waals surface area contributed by atoms with E-state index in [0.717, 1.165) is 35.2 Å². The van der Waals surface area contributed by atoms with E-state index in [1.807, 2.05) is 59.2 Å². The van der Waals surface area contributed by atoms with Gasteiger partial charge in [0.05, 0.1) is 5.75 Å². The van der Waals surface area contributed by atoms with Crippen molar-refractivity contribution < 1.29 is 4.79 Å². The third-order valence-corrected chi connectivity index (χ3v) is 4.88. The largest absolute Gasteiger partial charge is 0.325 e. The summed E-state index contributed by atoms with van der Waals surface area (Å²) in [6.07, 6.45) is 0.947. The van der Waals surface area contributed by atoms with Crippen molar-refractivity contribution in [3.63, 3.8) is 0 Å². The highest BCUT2D eigenvalue weighted by atomic mass is 35.5. The van der Waals surface area contributed by atoms with Gasteiger partial charge in [-0.15, -0.1) is 10.2 Å². The lowest BCUT2D eigenvalue weighted by molar-refractivity contribution is -0.113. The fourth-order valence-electron chi connectivity index (χ4n) is 2.48. The van der Waals surface area contributed by atoms with Crippen LogP contribution < -0.4 is 5.32 Å². The Morgan fingerprint density at radius 2 is 1.85 bits per heavy atom. The maximum absolute atomic E-state index is 12.2. The van der Waals surface area contributed by atoms with Gasteiger partial charge in [-0.3, -0.25) is 4.79 Å². The van der Waals surface area contributed by atoms with Gasteiger partial charge < -0.3 is 9.88 Å². The quantitative estimate of drug-likeness (QED) is 0.596. The van der Waals surface area contributed by atoms with Crippen molar-refractivity contribution in [2.45, 2.75) is 25.0 Å². The topological polar surface area (TPSA) is 59.8 Å². The number of aromatic nitrogens is 3. The van der Waals surface area contributed by atoms with E-state index in [1.54, 1.807) is 0 Å². The molecule has 0 bridgehead atoms. The van der Waals surface area contributed by atoms with Crippen LogP contribution in [0, 0.1) is 0 Å². The van der Waals surface area contributed by atoms with E-state index < -0.39 is 0 Å². The van der Waals surface area contributed by atoms with Crippen LogP contribution in [-0.4, -0.2) is 26.4 Å². The van der Waals surface area contributed by atoms with Gasteiger partial charge in [-0.05, 0) is 42.8 Å². The minimum Gasteiger partial charge on any atom is -0.325 e. The Morgan fingerprint density at radius 1 is 1.12 bits per heavy atom. The summed E-state index contributed by atoms with van der Waals surface area (Å²) >= 11 is 7.35. The first-order valence-electron chi connectivity index (χ1n) is 8.34. The standard InChI is InChI=1S/C19H19ClN4OS/c1-2-12-24-18(14-8-10-15(20)11-9-14)22-23-19(24)26-13-17(25)21-16-6-4-3-5-7-16/h3-11H,2,12-13H2,1H3,(H,21,25). The number of carbonyl (C=O) groups is 1. The summed E-state index contributed by atoms with van der Waals surface area (Å²) in [6, 6.07) is 16.9. The lowest BCUT2D eigenvalue weighted by Gasteiger charge is -2.09. The number of amides is 1.